The highest BCUT2D eigenvalue weighted by Crippen LogP contribution is 2.20. The Bertz CT molecular complexity index is 684. The maximum atomic E-state index is 12.8. The van der Waals surface area contributed by atoms with Crippen LogP contribution in [-0.2, 0) is 11.4 Å². The predicted octanol–water partition coefficient (Wildman–Crippen LogP) is 2.67. The molecule has 0 aromatic heterocycles. The molecule has 2 rings (SSSR count). The Hall–Kier alpha value is -2.60. The van der Waals surface area contributed by atoms with Crippen molar-refractivity contribution in [3.05, 3.63) is 59.9 Å². The van der Waals surface area contributed by atoms with Gasteiger partial charge in [0.2, 0.25) is 0 Å². The van der Waals surface area contributed by atoms with Gasteiger partial charge in [0, 0.05) is 6.54 Å². The van der Waals surface area contributed by atoms with Crippen molar-refractivity contribution in [2.24, 2.45) is 0 Å². The minimum atomic E-state index is -1.05. The van der Waals surface area contributed by atoms with Crippen LogP contribution in [0, 0.1) is 5.82 Å². The summed E-state index contributed by atoms with van der Waals surface area (Å²) in [5.74, 6) is 0.530. The van der Waals surface area contributed by atoms with E-state index in [1.165, 1.54) is 12.1 Å². The number of benzene rings is 2. The first-order valence-electron chi connectivity index (χ1n) is 7.96. The van der Waals surface area contributed by atoms with Gasteiger partial charge in [0.15, 0.2) is 5.60 Å². The number of rotatable bonds is 8. The quantitative estimate of drug-likeness (QED) is 0.770. The molecule has 0 atom stereocenters. The Morgan fingerprint density at radius 1 is 1.08 bits per heavy atom. The highest BCUT2D eigenvalue weighted by Gasteiger charge is 2.29. The van der Waals surface area contributed by atoms with E-state index in [2.05, 4.69) is 5.32 Å². The van der Waals surface area contributed by atoms with Gasteiger partial charge in [-0.15, -0.1) is 0 Å². The highest BCUT2D eigenvalue weighted by atomic mass is 19.1. The number of ether oxygens (including phenoxy) is 2. The van der Waals surface area contributed by atoms with Gasteiger partial charge in [0.1, 0.15) is 23.9 Å². The van der Waals surface area contributed by atoms with Crippen LogP contribution in [0.5, 0.6) is 11.5 Å². The van der Waals surface area contributed by atoms with Gasteiger partial charge in [0.05, 0.1) is 6.61 Å². The van der Waals surface area contributed by atoms with Gasteiger partial charge in [-0.3, -0.25) is 4.79 Å². The van der Waals surface area contributed by atoms with Gasteiger partial charge >= 0.3 is 0 Å². The molecule has 2 N–H and O–H groups in total. The van der Waals surface area contributed by atoms with E-state index >= 15 is 0 Å². The molecule has 1 amide bonds. The number of amides is 1. The second-order valence-electron chi connectivity index (χ2n) is 5.98. The summed E-state index contributed by atoms with van der Waals surface area (Å²) < 4.78 is 24.1. The van der Waals surface area contributed by atoms with Crippen molar-refractivity contribution in [3.8, 4) is 11.5 Å². The Morgan fingerprint density at radius 3 is 2.28 bits per heavy atom. The van der Waals surface area contributed by atoms with E-state index in [9.17, 15) is 9.18 Å². The van der Waals surface area contributed by atoms with Crippen molar-refractivity contribution in [2.45, 2.75) is 26.1 Å². The number of hydrogen-bond donors (Lipinski definition) is 2. The fraction of sp³-hybridized carbons (Fsp3) is 0.316. The highest BCUT2D eigenvalue weighted by molar-refractivity contribution is 5.84. The molecule has 0 saturated heterocycles. The summed E-state index contributed by atoms with van der Waals surface area (Å²) in [6.45, 7) is 3.72. The summed E-state index contributed by atoms with van der Waals surface area (Å²) >= 11 is 0. The third-order valence-electron chi connectivity index (χ3n) is 3.46. The number of hydrogen-bond acceptors (Lipinski definition) is 4. The molecular weight excluding hydrogens is 325 g/mol. The molecular formula is C19H22FNO4. The molecule has 2 aromatic carbocycles. The lowest BCUT2D eigenvalue weighted by molar-refractivity contribution is -0.134. The summed E-state index contributed by atoms with van der Waals surface area (Å²) in [5, 5.41) is 11.3. The summed E-state index contributed by atoms with van der Waals surface area (Å²) in [4.78, 5) is 12.0. The van der Waals surface area contributed by atoms with E-state index in [-0.39, 0.29) is 24.9 Å². The lowest BCUT2D eigenvalue weighted by atomic mass is 10.1. The molecule has 134 valence electrons. The largest absolute Gasteiger partial charge is 0.489 e. The van der Waals surface area contributed by atoms with E-state index in [0.717, 1.165) is 5.56 Å². The number of aliphatic hydroxyl groups is 1. The Kier molecular flexibility index (Phi) is 6.36. The second kappa shape index (κ2) is 8.48. The average Bonchev–Trinajstić information content (AvgIpc) is 2.60. The van der Waals surface area contributed by atoms with Crippen LogP contribution in [0.15, 0.2) is 48.5 Å². The molecule has 0 aliphatic heterocycles. The molecule has 25 heavy (non-hydrogen) atoms. The third-order valence-corrected chi connectivity index (χ3v) is 3.46. The summed E-state index contributed by atoms with van der Waals surface area (Å²) in [6, 6.07) is 13.0. The van der Waals surface area contributed by atoms with Gasteiger partial charge in [-0.1, -0.05) is 12.1 Å². The normalized spacial score (nSPS) is 11.0. The topological polar surface area (TPSA) is 67.8 Å². The SMILES string of the molecule is CC(C)(Oc1ccc(COc2ccc(F)cc2)cc1)C(=O)NCCO. The van der Waals surface area contributed by atoms with Crippen molar-refractivity contribution < 1.29 is 23.8 Å². The van der Waals surface area contributed by atoms with E-state index in [1.54, 1.807) is 38.1 Å². The summed E-state index contributed by atoms with van der Waals surface area (Å²) in [7, 11) is 0. The fourth-order valence-electron chi connectivity index (χ4n) is 2.07. The molecule has 0 unspecified atom stereocenters. The molecule has 0 fully saturated rings. The summed E-state index contributed by atoms with van der Waals surface area (Å²) in [5.41, 5.74) is -0.138. The zero-order valence-corrected chi connectivity index (χ0v) is 14.3. The van der Waals surface area contributed by atoms with Crippen molar-refractivity contribution >= 4 is 5.91 Å². The summed E-state index contributed by atoms with van der Waals surface area (Å²) in [6.07, 6.45) is 0. The van der Waals surface area contributed by atoms with E-state index < -0.39 is 5.60 Å². The van der Waals surface area contributed by atoms with Gasteiger partial charge in [-0.05, 0) is 55.8 Å². The number of nitrogens with one attached hydrogen (secondary N) is 1. The zero-order chi connectivity index (χ0) is 18.3. The molecule has 0 radical (unpaired) electrons. The lowest BCUT2D eigenvalue weighted by Crippen LogP contribution is -2.47. The van der Waals surface area contributed by atoms with Gasteiger partial charge < -0.3 is 19.9 Å². The Balaban J connectivity index is 1.90. The standard InChI is InChI=1S/C19H22FNO4/c1-19(2,18(23)21-11-12-22)25-17-7-3-14(4-8-17)13-24-16-9-5-15(20)6-10-16/h3-10,22H,11-13H2,1-2H3,(H,21,23). The Morgan fingerprint density at radius 2 is 1.68 bits per heavy atom. The predicted molar refractivity (Wildman–Crippen MR) is 92.0 cm³/mol. The zero-order valence-electron chi connectivity index (χ0n) is 14.3. The van der Waals surface area contributed by atoms with Crippen molar-refractivity contribution in [1.29, 1.82) is 0 Å². The van der Waals surface area contributed by atoms with Crippen LogP contribution >= 0.6 is 0 Å². The molecule has 2 aromatic rings. The average molecular weight is 347 g/mol. The van der Waals surface area contributed by atoms with Gasteiger partial charge in [-0.2, -0.15) is 0 Å². The first-order valence-corrected chi connectivity index (χ1v) is 7.96. The molecule has 0 bridgehead atoms. The molecule has 0 spiro atoms. The van der Waals surface area contributed by atoms with Crippen molar-refractivity contribution in [1.82, 2.24) is 5.32 Å². The van der Waals surface area contributed by atoms with Crippen molar-refractivity contribution in [2.75, 3.05) is 13.2 Å². The lowest BCUT2D eigenvalue weighted by Gasteiger charge is -2.25. The molecule has 0 heterocycles. The molecule has 0 saturated carbocycles. The first-order chi connectivity index (χ1) is 11.9. The number of carbonyl (C=O) groups is 1. The second-order valence-corrected chi connectivity index (χ2v) is 5.98. The van der Waals surface area contributed by atoms with Crippen LogP contribution in [0.4, 0.5) is 4.39 Å². The minimum absolute atomic E-state index is 0.120. The van der Waals surface area contributed by atoms with E-state index in [4.69, 9.17) is 14.6 Å². The number of aliphatic hydroxyl groups excluding tert-OH is 1. The van der Waals surface area contributed by atoms with Crippen LogP contribution in [0.3, 0.4) is 0 Å². The number of halogens is 1. The molecule has 5 nitrogen and oxygen atoms in total. The van der Waals surface area contributed by atoms with Crippen molar-refractivity contribution in [3.63, 3.8) is 0 Å². The smallest absolute Gasteiger partial charge is 0.263 e. The van der Waals surface area contributed by atoms with Crippen LogP contribution < -0.4 is 14.8 Å². The number of carbonyl (C=O) groups excluding carboxylic acids is 1. The maximum Gasteiger partial charge on any atom is 0.263 e. The Labute approximate surface area is 146 Å². The first kappa shape index (κ1) is 18.7. The van der Waals surface area contributed by atoms with Crippen LogP contribution in [0.25, 0.3) is 0 Å². The van der Waals surface area contributed by atoms with Crippen LogP contribution in [0.1, 0.15) is 19.4 Å². The minimum Gasteiger partial charge on any atom is -0.489 e. The fourth-order valence-corrected chi connectivity index (χ4v) is 2.07. The monoisotopic (exact) mass is 347 g/mol. The van der Waals surface area contributed by atoms with E-state index in [0.29, 0.717) is 18.1 Å². The maximum absolute atomic E-state index is 12.8. The van der Waals surface area contributed by atoms with E-state index in [1.807, 2.05) is 12.1 Å². The third kappa shape index (κ3) is 5.76. The van der Waals surface area contributed by atoms with Gasteiger partial charge in [0.25, 0.3) is 5.91 Å². The molecule has 6 heteroatoms. The van der Waals surface area contributed by atoms with Crippen LogP contribution in [-0.4, -0.2) is 29.8 Å². The molecule has 0 aliphatic rings. The van der Waals surface area contributed by atoms with Gasteiger partial charge in [-0.25, -0.2) is 4.39 Å². The molecule has 0 aliphatic carbocycles. The van der Waals surface area contributed by atoms with Crippen LogP contribution in [0.2, 0.25) is 0 Å².